The third-order valence-electron chi connectivity index (χ3n) is 3.07. The van der Waals surface area contributed by atoms with Crippen molar-refractivity contribution in [1.82, 2.24) is 0 Å². The zero-order chi connectivity index (χ0) is 15.4. The number of aliphatic hydroxyl groups is 1. The zero-order valence-corrected chi connectivity index (χ0v) is 11.7. The number of phenols is 3. The Morgan fingerprint density at radius 2 is 1.76 bits per heavy atom. The Bertz CT molecular complexity index is 624. The molecule has 0 aliphatic carbocycles. The van der Waals surface area contributed by atoms with Crippen LogP contribution in [0.5, 0.6) is 23.0 Å². The maximum atomic E-state index is 9.24. The molecule has 0 spiro atoms. The summed E-state index contributed by atoms with van der Waals surface area (Å²) in [5, 5.41) is 36.0. The minimum Gasteiger partial charge on any atom is -0.508 e. The quantitative estimate of drug-likeness (QED) is 0.558. The molecule has 21 heavy (non-hydrogen) atoms. The van der Waals surface area contributed by atoms with Crippen LogP contribution in [-0.2, 0) is 6.42 Å². The Morgan fingerprint density at radius 3 is 2.43 bits per heavy atom. The number of aromatic hydroxyl groups is 3. The van der Waals surface area contributed by atoms with E-state index in [0.29, 0.717) is 18.8 Å². The van der Waals surface area contributed by atoms with Crippen LogP contribution in [-0.4, -0.2) is 33.1 Å². The summed E-state index contributed by atoms with van der Waals surface area (Å²) in [6.07, 6.45) is 0.192. The van der Waals surface area contributed by atoms with Gasteiger partial charge in [-0.3, -0.25) is 0 Å². The highest BCUT2D eigenvalue weighted by atomic mass is 16.5. The second kappa shape index (κ2) is 6.37. The monoisotopic (exact) mass is 290 g/mol. The molecule has 2 aromatic rings. The van der Waals surface area contributed by atoms with E-state index < -0.39 is 6.10 Å². The topological polar surface area (TPSA) is 90.2 Å². The summed E-state index contributed by atoms with van der Waals surface area (Å²) in [7, 11) is 0. The van der Waals surface area contributed by atoms with Crippen LogP contribution in [0.25, 0.3) is 0 Å². The second-order valence-corrected chi connectivity index (χ2v) is 4.95. The molecule has 0 bridgehead atoms. The van der Waals surface area contributed by atoms with Gasteiger partial charge in [0.05, 0.1) is 6.10 Å². The van der Waals surface area contributed by atoms with Crippen molar-refractivity contribution < 1.29 is 25.2 Å². The summed E-state index contributed by atoms with van der Waals surface area (Å²) < 4.78 is 5.21. The van der Waals surface area contributed by atoms with Crippen molar-refractivity contribution in [2.24, 2.45) is 0 Å². The predicted molar refractivity (Wildman–Crippen MR) is 77.8 cm³/mol. The normalized spacial score (nSPS) is 16.2. The van der Waals surface area contributed by atoms with Crippen LogP contribution in [0.4, 0.5) is 0 Å². The summed E-state index contributed by atoms with van der Waals surface area (Å²) in [5.74, 6) is 0.751. The predicted octanol–water partition coefficient (Wildman–Crippen LogP) is 2.09. The third kappa shape index (κ3) is 4.03. The van der Waals surface area contributed by atoms with Gasteiger partial charge in [0.25, 0.3) is 0 Å². The minimum absolute atomic E-state index is 0.0602. The second-order valence-electron chi connectivity index (χ2n) is 4.95. The first-order valence-corrected chi connectivity index (χ1v) is 6.57. The van der Waals surface area contributed by atoms with Gasteiger partial charge in [0, 0.05) is 12.5 Å². The summed E-state index contributed by atoms with van der Waals surface area (Å²) in [6, 6.07) is 9.64. The molecular formula is C16H18O5. The van der Waals surface area contributed by atoms with Crippen LogP contribution < -0.4 is 4.74 Å². The largest absolute Gasteiger partial charge is 0.508 e. The summed E-state index contributed by atoms with van der Waals surface area (Å²) >= 11 is 0. The minimum atomic E-state index is -0.415. The van der Waals surface area contributed by atoms with Gasteiger partial charge in [-0.05, 0) is 36.2 Å². The van der Waals surface area contributed by atoms with E-state index in [-0.39, 0.29) is 17.2 Å². The highest BCUT2D eigenvalue weighted by Crippen LogP contribution is 2.28. The number of rotatable bonds is 0. The van der Waals surface area contributed by atoms with E-state index in [9.17, 15) is 5.11 Å². The fourth-order valence-corrected chi connectivity index (χ4v) is 1.98. The van der Waals surface area contributed by atoms with E-state index >= 15 is 0 Å². The van der Waals surface area contributed by atoms with Crippen LogP contribution in [0.3, 0.4) is 0 Å². The molecule has 0 saturated heterocycles. The van der Waals surface area contributed by atoms with Crippen molar-refractivity contribution in [2.45, 2.75) is 19.4 Å². The lowest BCUT2D eigenvalue weighted by Gasteiger charge is -2.21. The first-order chi connectivity index (χ1) is 9.95. The Kier molecular flexibility index (Phi) is 4.55. The lowest BCUT2D eigenvalue weighted by Crippen LogP contribution is -2.25. The lowest BCUT2D eigenvalue weighted by atomic mass is 10.0. The van der Waals surface area contributed by atoms with Gasteiger partial charge in [0.2, 0.25) is 0 Å². The molecular weight excluding hydrogens is 272 g/mol. The molecule has 1 unspecified atom stereocenters. The first kappa shape index (κ1) is 15.0. The summed E-state index contributed by atoms with van der Waals surface area (Å²) in [4.78, 5) is 0. The fraction of sp³-hybridized carbons (Fsp3) is 0.250. The molecule has 2 aromatic carbocycles. The number of aryl methyl sites for hydroxylation is 1. The number of benzene rings is 2. The molecule has 5 heteroatoms. The molecule has 0 fully saturated rings. The smallest absolute Gasteiger partial charge is 0.157 e. The van der Waals surface area contributed by atoms with E-state index in [1.807, 2.05) is 6.92 Å². The van der Waals surface area contributed by atoms with Crippen molar-refractivity contribution in [3.05, 3.63) is 47.5 Å². The van der Waals surface area contributed by atoms with Gasteiger partial charge in [0.1, 0.15) is 18.1 Å². The van der Waals surface area contributed by atoms with Gasteiger partial charge in [0.15, 0.2) is 11.5 Å². The molecule has 112 valence electrons. The molecule has 1 aliphatic heterocycles. The number of fused-ring (bicyclic) bond motifs is 1. The van der Waals surface area contributed by atoms with Crippen LogP contribution in [0.1, 0.15) is 11.1 Å². The van der Waals surface area contributed by atoms with Crippen molar-refractivity contribution >= 4 is 0 Å². The van der Waals surface area contributed by atoms with Gasteiger partial charge in [-0.2, -0.15) is 0 Å². The van der Waals surface area contributed by atoms with E-state index in [1.54, 1.807) is 24.3 Å². The number of hydrogen-bond acceptors (Lipinski definition) is 5. The van der Waals surface area contributed by atoms with Crippen molar-refractivity contribution in [3.63, 3.8) is 0 Å². The maximum Gasteiger partial charge on any atom is 0.157 e. The average molecular weight is 290 g/mol. The zero-order valence-electron chi connectivity index (χ0n) is 11.7. The summed E-state index contributed by atoms with van der Waals surface area (Å²) in [6.45, 7) is 2.16. The molecule has 1 atom stereocenters. The number of hydrogen-bond donors (Lipinski definition) is 4. The molecule has 0 radical (unpaired) electrons. The molecule has 0 saturated carbocycles. The highest BCUT2D eigenvalue weighted by molar-refractivity contribution is 5.41. The summed E-state index contributed by atoms with van der Waals surface area (Å²) in [5.41, 5.74) is 1.89. The molecule has 4 N–H and O–H groups in total. The third-order valence-corrected chi connectivity index (χ3v) is 3.07. The number of phenolic OH excluding ortho intramolecular Hbond substituents is 3. The molecule has 3 rings (SSSR count). The average Bonchev–Trinajstić information content (AvgIpc) is 2.44. The molecule has 1 heterocycles. The highest BCUT2D eigenvalue weighted by Gasteiger charge is 2.17. The van der Waals surface area contributed by atoms with Crippen LogP contribution in [0.2, 0.25) is 0 Å². The van der Waals surface area contributed by atoms with E-state index in [0.717, 1.165) is 11.1 Å². The van der Waals surface area contributed by atoms with Crippen LogP contribution >= 0.6 is 0 Å². The Morgan fingerprint density at radius 1 is 1.00 bits per heavy atom. The first-order valence-electron chi connectivity index (χ1n) is 6.57. The van der Waals surface area contributed by atoms with Crippen molar-refractivity contribution in [2.75, 3.05) is 6.61 Å². The van der Waals surface area contributed by atoms with Gasteiger partial charge in [-0.15, -0.1) is 0 Å². The standard InChI is InChI=1S/C9H10O3.C7H8O2/c10-7-2-1-6-3-8(11)5-12-9(6)4-7;1-5-2-3-6(8)7(9)4-5/h1-2,4,8,10-11H,3,5H2;2-4,8-9H,1H3. The van der Waals surface area contributed by atoms with Crippen LogP contribution in [0.15, 0.2) is 36.4 Å². The van der Waals surface area contributed by atoms with Gasteiger partial charge < -0.3 is 25.2 Å². The van der Waals surface area contributed by atoms with Crippen molar-refractivity contribution in [1.29, 1.82) is 0 Å². The van der Waals surface area contributed by atoms with E-state index in [1.165, 1.54) is 12.1 Å². The van der Waals surface area contributed by atoms with E-state index in [4.69, 9.17) is 20.1 Å². The Hall–Kier alpha value is -2.40. The Balaban J connectivity index is 0.000000161. The molecule has 5 nitrogen and oxygen atoms in total. The van der Waals surface area contributed by atoms with Crippen LogP contribution in [0, 0.1) is 6.92 Å². The fourth-order valence-electron chi connectivity index (χ4n) is 1.98. The Labute approximate surface area is 122 Å². The van der Waals surface area contributed by atoms with Gasteiger partial charge in [-0.25, -0.2) is 0 Å². The van der Waals surface area contributed by atoms with Crippen molar-refractivity contribution in [3.8, 4) is 23.0 Å². The molecule has 0 amide bonds. The number of aliphatic hydroxyl groups excluding tert-OH is 1. The van der Waals surface area contributed by atoms with E-state index in [2.05, 4.69) is 0 Å². The number of ether oxygens (including phenoxy) is 1. The molecule has 1 aliphatic rings. The van der Waals surface area contributed by atoms with Gasteiger partial charge in [-0.1, -0.05) is 12.1 Å². The lowest BCUT2D eigenvalue weighted by molar-refractivity contribution is 0.0919. The molecule has 0 aromatic heterocycles. The van der Waals surface area contributed by atoms with Gasteiger partial charge >= 0.3 is 0 Å². The maximum absolute atomic E-state index is 9.24. The SMILES string of the molecule is Cc1ccc(O)c(O)c1.Oc1ccc2c(c1)OCC(O)C2.